The molecule has 182 valence electrons. The Morgan fingerprint density at radius 2 is 1.94 bits per heavy atom. The number of aldehydes is 1. The number of methoxy groups -OCH3 is 1. The van der Waals surface area contributed by atoms with Gasteiger partial charge in [0.05, 0.1) is 31.5 Å². The maximum atomic E-state index is 11.1. The number of carbonyl (C=O) groups is 1. The molecule has 7 heteroatoms. The van der Waals surface area contributed by atoms with Crippen molar-refractivity contribution in [3.63, 3.8) is 0 Å². The Kier molecular flexibility index (Phi) is 13.4. The lowest BCUT2D eigenvalue weighted by molar-refractivity contribution is -0.173. The fourth-order valence-electron chi connectivity index (χ4n) is 3.38. The maximum Gasteiger partial charge on any atom is 0.192 e. The molecule has 0 aliphatic carbocycles. The smallest absolute Gasteiger partial charge is 0.192 e. The third-order valence-corrected chi connectivity index (χ3v) is 10.9. The molecule has 0 saturated carbocycles. The number of unbranched alkanes of at least 4 members (excludes halogenated alkanes) is 1. The molecule has 31 heavy (non-hydrogen) atoms. The van der Waals surface area contributed by atoms with Crippen molar-refractivity contribution in [1.29, 1.82) is 0 Å². The van der Waals surface area contributed by atoms with Crippen LogP contribution in [0.5, 0.6) is 0 Å². The van der Waals surface area contributed by atoms with Crippen LogP contribution < -0.4 is 0 Å². The minimum atomic E-state index is -1.70. The Morgan fingerprint density at radius 1 is 1.19 bits per heavy atom. The summed E-state index contributed by atoms with van der Waals surface area (Å²) in [6.07, 6.45) is 10.5. The van der Waals surface area contributed by atoms with Gasteiger partial charge in [0.2, 0.25) is 0 Å². The first-order chi connectivity index (χ1) is 14.6. The zero-order valence-electron chi connectivity index (χ0n) is 20.9. The molecule has 0 bridgehead atoms. The van der Waals surface area contributed by atoms with Gasteiger partial charge in [0.25, 0.3) is 0 Å². The third-order valence-electron chi connectivity index (χ3n) is 6.26. The molecule has 4 atom stereocenters. The van der Waals surface area contributed by atoms with Gasteiger partial charge in [-0.05, 0) is 57.2 Å². The van der Waals surface area contributed by atoms with Crippen LogP contribution in [0, 0.1) is 0 Å². The Balaban J connectivity index is 2.33. The maximum absolute atomic E-state index is 11.1. The SMILES string of the molecule is COCCOCO[C@@H]1CC[C@@H](/C=C/CCC[C@@H](C)O[Si](C)(C)C(C)(C)C)O[C@@H]1CC=O. The van der Waals surface area contributed by atoms with E-state index in [2.05, 4.69) is 52.9 Å². The van der Waals surface area contributed by atoms with Crippen LogP contribution >= 0.6 is 0 Å². The molecule has 0 aromatic carbocycles. The number of hydrogen-bond donors (Lipinski definition) is 0. The van der Waals surface area contributed by atoms with Crippen molar-refractivity contribution in [1.82, 2.24) is 0 Å². The Bertz CT molecular complexity index is 517. The highest BCUT2D eigenvalue weighted by atomic mass is 28.4. The first-order valence-electron chi connectivity index (χ1n) is 11.7. The van der Waals surface area contributed by atoms with Crippen molar-refractivity contribution in [2.45, 2.75) is 109 Å². The van der Waals surface area contributed by atoms with E-state index < -0.39 is 8.32 Å². The minimum absolute atomic E-state index is 0.0418. The third kappa shape index (κ3) is 11.2. The van der Waals surface area contributed by atoms with E-state index in [-0.39, 0.29) is 30.1 Å². The van der Waals surface area contributed by atoms with Crippen LogP contribution in [0.15, 0.2) is 12.2 Å². The van der Waals surface area contributed by atoms with Gasteiger partial charge in [-0.25, -0.2) is 0 Å². The van der Waals surface area contributed by atoms with Gasteiger partial charge in [-0.3, -0.25) is 0 Å². The van der Waals surface area contributed by atoms with Gasteiger partial charge in [-0.2, -0.15) is 0 Å². The molecule has 1 aliphatic rings. The van der Waals surface area contributed by atoms with E-state index in [0.717, 1.165) is 38.4 Å². The molecule has 1 fully saturated rings. The second kappa shape index (κ2) is 14.5. The molecule has 0 radical (unpaired) electrons. The second-order valence-electron chi connectivity index (χ2n) is 9.96. The highest BCUT2D eigenvalue weighted by molar-refractivity contribution is 6.74. The van der Waals surface area contributed by atoms with Gasteiger partial charge in [0.1, 0.15) is 13.1 Å². The number of ether oxygens (including phenoxy) is 4. The van der Waals surface area contributed by atoms with Crippen LogP contribution in [0.3, 0.4) is 0 Å². The average molecular weight is 459 g/mol. The van der Waals surface area contributed by atoms with Crippen LogP contribution in [-0.2, 0) is 28.2 Å². The summed E-state index contributed by atoms with van der Waals surface area (Å²) in [5.41, 5.74) is 0. The average Bonchev–Trinajstić information content (AvgIpc) is 2.68. The molecule has 0 aromatic heterocycles. The normalized spacial score (nSPS) is 23.9. The van der Waals surface area contributed by atoms with Crippen molar-refractivity contribution < 1.29 is 28.2 Å². The topological polar surface area (TPSA) is 63.2 Å². The summed E-state index contributed by atoms with van der Waals surface area (Å²) >= 11 is 0. The fraction of sp³-hybridized carbons (Fsp3) is 0.875. The Labute approximate surface area is 191 Å². The largest absolute Gasteiger partial charge is 0.414 e. The molecule has 1 saturated heterocycles. The van der Waals surface area contributed by atoms with Crippen LogP contribution in [0.2, 0.25) is 18.1 Å². The van der Waals surface area contributed by atoms with Gasteiger partial charge < -0.3 is 28.2 Å². The molecule has 0 aromatic rings. The number of rotatable bonds is 15. The molecule has 6 nitrogen and oxygen atoms in total. The molecule has 0 unspecified atom stereocenters. The molecular formula is C24H46O6Si. The fourth-order valence-corrected chi connectivity index (χ4v) is 4.85. The Hall–Kier alpha value is -0.573. The van der Waals surface area contributed by atoms with E-state index in [0.29, 0.717) is 25.7 Å². The van der Waals surface area contributed by atoms with Crippen molar-refractivity contribution in [3.8, 4) is 0 Å². The molecule has 0 spiro atoms. The summed E-state index contributed by atoms with van der Waals surface area (Å²) in [6, 6.07) is 0. The highest BCUT2D eigenvalue weighted by Gasteiger charge is 2.38. The van der Waals surface area contributed by atoms with Gasteiger partial charge in [0.15, 0.2) is 8.32 Å². The van der Waals surface area contributed by atoms with Gasteiger partial charge >= 0.3 is 0 Å². The Morgan fingerprint density at radius 3 is 2.58 bits per heavy atom. The zero-order valence-corrected chi connectivity index (χ0v) is 21.9. The molecule has 1 aliphatic heterocycles. The van der Waals surface area contributed by atoms with E-state index in [1.807, 2.05) is 0 Å². The van der Waals surface area contributed by atoms with E-state index in [1.54, 1.807) is 7.11 Å². The lowest BCUT2D eigenvalue weighted by atomic mass is 9.98. The summed E-state index contributed by atoms with van der Waals surface area (Å²) in [5, 5.41) is 0.245. The standard InChI is InChI=1S/C24H46O6Si/c1-20(30-31(6,7)24(2,3)4)11-9-8-10-12-21-13-14-22(23(29-21)15-16-25)28-19-27-18-17-26-5/h10,12,16,20-23H,8-9,11,13-15,17-19H2,1-7H3/b12-10+/t20-,21-,22-,23-/m1/s1. The van der Waals surface area contributed by atoms with Crippen molar-refractivity contribution in [2.75, 3.05) is 27.1 Å². The molecule has 1 rings (SSSR count). The van der Waals surface area contributed by atoms with E-state index in [4.69, 9.17) is 23.4 Å². The summed E-state index contributed by atoms with van der Waals surface area (Å²) in [7, 11) is -0.0600. The predicted molar refractivity (Wildman–Crippen MR) is 127 cm³/mol. The first kappa shape index (κ1) is 28.5. The second-order valence-corrected chi connectivity index (χ2v) is 14.7. The summed E-state index contributed by atoms with van der Waals surface area (Å²) in [5.74, 6) is 0. The molecule has 0 amide bonds. The molecule has 0 N–H and O–H groups in total. The van der Waals surface area contributed by atoms with E-state index in [1.165, 1.54) is 0 Å². The first-order valence-corrected chi connectivity index (χ1v) is 14.6. The van der Waals surface area contributed by atoms with E-state index in [9.17, 15) is 4.79 Å². The van der Waals surface area contributed by atoms with E-state index >= 15 is 0 Å². The molecule has 1 heterocycles. The summed E-state index contributed by atoms with van der Waals surface area (Å²) < 4.78 is 28.6. The summed E-state index contributed by atoms with van der Waals surface area (Å²) in [6.45, 7) is 14.9. The lowest BCUT2D eigenvalue weighted by Crippen LogP contribution is -2.43. The van der Waals surface area contributed by atoms with Gasteiger partial charge in [-0.15, -0.1) is 0 Å². The molecular weight excluding hydrogens is 412 g/mol. The van der Waals surface area contributed by atoms with Crippen LogP contribution in [0.4, 0.5) is 0 Å². The van der Waals surface area contributed by atoms with Crippen molar-refractivity contribution >= 4 is 14.6 Å². The minimum Gasteiger partial charge on any atom is -0.414 e. The monoisotopic (exact) mass is 458 g/mol. The van der Waals surface area contributed by atoms with Crippen LogP contribution in [0.25, 0.3) is 0 Å². The van der Waals surface area contributed by atoms with Crippen molar-refractivity contribution in [2.24, 2.45) is 0 Å². The number of carbonyl (C=O) groups excluding carboxylic acids is 1. The lowest BCUT2D eigenvalue weighted by Gasteiger charge is -2.38. The van der Waals surface area contributed by atoms with Crippen LogP contribution in [-0.4, -0.2) is 66.1 Å². The predicted octanol–water partition coefficient (Wildman–Crippen LogP) is 5.27. The van der Waals surface area contributed by atoms with Crippen molar-refractivity contribution in [3.05, 3.63) is 12.2 Å². The number of allylic oxidation sites excluding steroid dienone is 1. The zero-order chi connectivity index (χ0) is 23.3. The quantitative estimate of drug-likeness (QED) is 0.110. The van der Waals surface area contributed by atoms with Gasteiger partial charge in [0, 0.05) is 19.6 Å². The number of hydrogen-bond acceptors (Lipinski definition) is 6. The highest BCUT2D eigenvalue weighted by Crippen LogP contribution is 2.37. The van der Waals surface area contributed by atoms with Gasteiger partial charge in [-0.1, -0.05) is 32.9 Å². The van der Waals surface area contributed by atoms with Crippen LogP contribution in [0.1, 0.15) is 66.2 Å². The summed E-state index contributed by atoms with van der Waals surface area (Å²) in [4.78, 5) is 11.1.